The largest absolute Gasteiger partial charge is 0.453 e. The van der Waals surface area contributed by atoms with E-state index in [0.717, 1.165) is 44.9 Å². The fourth-order valence-corrected chi connectivity index (χ4v) is 6.66. The molecular formula is C44H29NO2. The quantitative estimate of drug-likeness (QED) is 0.195. The molecule has 0 aromatic heterocycles. The van der Waals surface area contributed by atoms with Gasteiger partial charge in [-0.2, -0.15) is 0 Å². The molecule has 0 unspecified atom stereocenters. The first kappa shape index (κ1) is 27.0. The summed E-state index contributed by atoms with van der Waals surface area (Å²) >= 11 is 0. The van der Waals surface area contributed by atoms with Gasteiger partial charge in [0.1, 0.15) is 11.5 Å². The van der Waals surface area contributed by atoms with Gasteiger partial charge >= 0.3 is 0 Å². The van der Waals surface area contributed by atoms with Gasteiger partial charge in [-0.25, -0.2) is 0 Å². The second-order valence-corrected chi connectivity index (χ2v) is 11.7. The number of benzene rings is 8. The SMILES string of the molecule is c1ccc(-c2ccc(N(c3ccc(-c4cccc5ccccc45)cc3)c3cccc4c3Oc3cccc5cccc(c35)O4)cc2)cc1. The van der Waals surface area contributed by atoms with Crippen molar-refractivity contribution in [1.82, 2.24) is 0 Å². The zero-order valence-electron chi connectivity index (χ0n) is 25.5. The molecule has 1 aliphatic heterocycles. The number of para-hydroxylation sites is 1. The van der Waals surface area contributed by atoms with Crippen LogP contribution in [0.1, 0.15) is 0 Å². The number of fused-ring (bicyclic) bond motifs is 2. The average molecular weight is 604 g/mol. The van der Waals surface area contributed by atoms with Crippen molar-refractivity contribution in [2.45, 2.75) is 0 Å². The van der Waals surface area contributed by atoms with Crippen LogP contribution >= 0.6 is 0 Å². The van der Waals surface area contributed by atoms with E-state index >= 15 is 0 Å². The van der Waals surface area contributed by atoms with E-state index in [-0.39, 0.29) is 0 Å². The molecule has 47 heavy (non-hydrogen) atoms. The lowest BCUT2D eigenvalue weighted by Gasteiger charge is -2.28. The molecule has 3 heteroatoms. The van der Waals surface area contributed by atoms with Crippen molar-refractivity contribution in [3.63, 3.8) is 0 Å². The Labute approximate surface area is 273 Å². The maximum Gasteiger partial charge on any atom is 0.193 e. The monoisotopic (exact) mass is 603 g/mol. The van der Waals surface area contributed by atoms with Gasteiger partial charge in [-0.05, 0) is 86.9 Å². The summed E-state index contributed by atoms with van der Waals surface area (Å²) in [6, 6.07) is 61.3. The first-order chi connectivity index (χ1) is 23.3. The first-order valence-electron chi connectivity index (χ1n) is 15.8. The molecule has 0 atom stereocenters. The number of hydrogen-bond acceptors (Lipinski definition) is 3. The summed E-state index contributed by atoms with van der Waals surface area (Å²) in [6.45, 7) is 0. The average Bonchev–Trinajstić information content (AvgIpc) is 3.31. The standard InChI is InChI=1S/C44H29NO2/c1-2-10-30(11-3-1)31-22-26-35(27-23-31)45(36-28-24-33(25-29-36)38-17-6-13-32-12-4-5-16-37(32)38)39-18-9-21-42-44(39)47-41-20-8-15-34-14-7-19-40(46-42)43(34)41/h1-29H. The van der Waals surface area contributed by atoms with Gasteiger partial charge in [-0.3, -0.25) is 0 Å². The molecule has 0 bridgehead atoms. The summed E-state index contributed by atoms with van der Waals surface area (Å²) < 4.78 is 13.4. The van der Waals surface area contributed by atoms with Crippen LogP contribution < -0.4 is 14.4 Å². The molecule has 1 heterocycles. The molecule has 9 rings (SSSR count). The third kappa shape index (κ3) is 4.77. The van der Waals surface area contributed by atoms with Gasteiger partial charge < -0.3 is 14.4 Å². The summed E-state index contributed by atoms with van der Waals surface area (Å²) in [5, 5.41) is 4.51. The Hall–Kier alpha value is -6.32. The molecular weight excluding hydrogens is 574 g/mol. The first-order valence-corrected chi connectivity index (χ1v) is 15.8. The van der Waals surface area contributed by atoms with Crippen LogP contribution in [0.15, 0.2) is 176 Å². The maximum absolute atomic E-state index is 6.80. The van der Waals surface area contributed by atoms with Crippen molar-refractivity contribution in [2.75, 3.05) is 4.90 Å². The fraction of sp³-hybridized carbons (Fsp3) is 0. The molecule has 3 nitrogen and oxygen atoms in total. The number of hydrogen-bond donors (Lipinski definition) is 0. The third-order valence-electron chi connectivity index (χ3n) is 8.92. The zero-order chi connectivity index (χ0) is 31.2. The molecule has 0 N–H and O–H groups in total. The third-order valence-corrected chi connectivity index (χ3v) is 8.92. The molecule has 1 aliphatic rings. The van der Waals surface area contributed by atoms with Crippen LogP contribution in [0, 0.1) is 0 Å². The van der Waals surface area contributed by atoms with Crippen molar-refractivity contribution >= 4 is 38.6 Å². The van der Waals surface area contributed by atoms with E-state index in [1.807, 2.05) is 42.5 Å². The molecule has 0 spiro atoms. The zero-order valence-corrected chi connectivity index (χ0v) is 25.5. The van der Waals surface area contributed by atoms with E-state index in [0.29, 0.717) is 11.5 Å². The van der Waals surface area contributed by atoms with Gasteiger partial charge in [-0.1, -0.05) is 127 Å². The maximum atomic E-state index is 6.80. The van der Waals surface area contributed by atoms with E-state index in [2.05, 4.69) is 138 Å². The Kier molecular flexibility index (Phi) is 6.46. The van der Waals surface area contributed by atoms with Crippen molar-refractivity contribution < 1.29 is 9.47 Å². The fourth-order valence-electron chi connectivity index (χ4n) is 6.66. The van der Waals surface area contributed by atoms with Crippen LogP contribution in [0.5, 0.6) is 23.0 Å². The van der Waals surface area contributed by atoms with Crippen LogP contribution in [0.4, 0.5) is 17.1 Å². The van der Waals surface area contributed by atoms with Crippen molar-refractivity contribution in [3.8, 4) is 45.3 Å². The molecule has 0 saturated carbocycles. The summed E-state index contributed by atoms with van der Waals surface area (Å²) in [6.07, 6.45) is 0. The summed E-state index contributed by atoms with van der Waals surface area (Å²) in [5.74, 6) is 2.90. The van der Waals surface area contributed by atoms with Gasteiger partial charge in [0.15, 0.2) is 11.5 Å². The minimum absolute atomic E-state index is 0.668. The molecule has 8 aromatic carbocycles. The lowest BCUT2D eigenvalue weighted by atomic mass is 9.98. The van der Waals surface area contributed by atoms with E-state index < -0.39 is 0 Å². The lowest BCUT2D eigenvalue weighted by molar-refractivity contribution is 0.440. The summed E-state index contributed by atoms with van der Waals surface area (Å²) in [7, 11) is 0. The normalized spacial score (nSPS) is 11.7. The molecule has 0 fully saturated rings. The molecule has 222 valence electrons. The van der Waals surface area contributed by atoms with E-state index in [9.17, 15) is 0 Å². The Balaban J connectivity index is 1.19. The van der Waals surface area contributed by atoms with Crippen LogP contribution in [0.2, 0.25) is 0 Å². The minimum Gasteiger partial charge on any atom is -0.453 e. The van der Waals surface area contributed by atoms with Gasteiger partial charge in [0.05, 0.1) is 11.1 Å². The van der Waals surface area contributed by atoms with Crippen LogP contribution in [-0.4, -0.2) is 0 Å². The molecule has 0 amide bonds. The highest BCUT2D eigenvalue weighted by molar-refractivity contribution is 5.98. The number of rotatable bonds is 5. The van der Waals surface area contributed by atoms with Gasteiger partial charge in [-0.15, -0.1) is 0 Å². The summed E-state index contributed by atoms with van der Waals surface area (Å²) in [4.78, 5) is 2.25. The van der Waals surface area contributed by atoms with Crippen molar-refractivity contribution in [3.05, 3.63) is 176 Å². The van der Waals surface area contributed by atoms with E-state index in [4.69, 9.17) is 9.47 Å². The Bertz CT molecular complexity index is 2390. The Morgan fingerprint density at radius 1 is 0.362 bits per heavy atom. The Morgan fingerprint density at radius 3 is 1.68 bits per heavy atom. The van der Waals surface area contributed by atoms with E-state index in [1.54, 1.807) is 0 Å². The predicted molar refractivity (Wildman–Crippen MR) is 194 cm³/mol. The number of anilines is 3. The molecule has 8 aromatic rings. The second kappa shape index (κ2) is 11.2. The molecule has 0 aliphatic carbocycles. The van der Waals surface area contributed by atoms with Crippen LogP contribution in [0.3, 0.4) is 0 Å². The van der Waals surface area contributed by atoms with Gasteiger partial charge in [0.25, 0.3) is 0 Å². The van der Waals surface area contributed by atoms with Crippen molar-refractivity contribution in [2.24, 2.45) is 0 Å². The highest BCUT2D eigenvalue weighted by atomic mass is 16.5. The second-order valence-electron chi connectivity index (χ2n) is 11.7. The smallest absolute Gasteiger partial charge is 0.193 e. The number of nitrogens with zero attached hydrogens (tertiary/aromatic N) is 1. The van der Waals surface area contributed by atoms with E-state index in [1.165, 1.54) is 27.5 Å². The Morgan fingerprint density at radius 2 is 0.915 bits per heavy atom. The van der Waals surface area contributed by atoms with Crippen LogP contribution in [-0.2, 0) is 0 Å². The molecule has 0 radical (unpaired) electrons. The predicted octanol–water partition coefficient (Wildman–Crippen LogP) is 12.7. The van der Waals surface area contributed by atoms with Gasteiger partial charge in [0, 0.05) is 11.4 Å². The van der Waals surface area contributed by atoms with Gasteiger partial charge in [0.2, 0.25) is 0 Å². The highest BCUT2D eigenvalue weighted by Crippen LogP contribution is 2.52. The number of ether oxygens (including phenoxy) is 2. The minimum atomic E-state index is 0.668. The summed E-state index contributed by atoms with van der Waals surface area (Å²) in [5.41, 5.74) is 7.63. The lowest BCUT2D eigenvalue weighted by Crippen LogP contribution is -2.11. The van der Waals surface area contributed by atoms with Crippen molar-refractivity contribution in [1.29, 1.82) is 0 Å². The molecule has 0 saturated heterocycles. The topological polar surface area (TPSA) is 21.7 Å². The highest BCUT2D eigenvalue weighted by Gasteiger charge is 2.25. The van der Waals surface area contributed by atoms with Crippen LogP contribution in [0.25, 0.3) is 43.8 Å².